The van der Waals surface area contributed by atoms with Gasteiger partial charge in [0.15, 0.2) is 23.0 Å². The SMILES string of the molecule is CC(=O)O[C@H]1[C@H]2[C@H]([C@@H]3[C@@H](OC(=O)c4ccc5c(c4)C(=O)c4ccccc4C5=O)[C@@H]4[C@H]([C@H](C)[C@H]5O[C@]56OC(=O)[C@@](C)(O)[C@]46C)[C@@]3(C)[C@H]1OC(C)=O)[C@@H](O)C(=O)[C@H]1C[C@@H]3O[C@@H]3[C@H](OC(C)=O)[C@]21C. The molecule has 66 heavy (non-hydrogen) atoms. The van der Waals surface area contributed by atoms with Gasteiger partial charge in [0.2, 0.25) is 5.79 Å². The average molecular weight is 911 g/mol. The summed E-state index contributed by atoms with van der Waals surface area (Å²) in [5, 5.41) is 25.2. The average Bonchev–Trinajstić information content (AvgIpc) is 4.17. The van der Waals surface area contributed by atoms with Gasteiger partial charge >= 0.3 is 29.8 Å². The molecule has 6 aliphatic carbocycles. The summed E-state index contributed by atoms with van der Waals surface area (Å²) in [6.45, 7) is 11.8. The van der Waals surface area contributed by atoms with Crippen LogP contribution < -0.4 is 0 Å². The Balaban J connectivity index is 1.14. The molecule has 0 unspecified atom stereocenters. The molecular formula is C49H50O17. The zero-order valence-electron chi connectivity index (χ0n) is 37.4. The minimum atomic E-state index is -2.31. The topological polar surface area (TPSA) is 248 Å². The lowest BCUT2D eigenvalue weighted by atomic mass is 9.41. The number of ether oxygens (including phenoxy) is 7. The largest absolute Gasteiger partial charge is 0.459 e. The Morgan fingerprint density at radius 1 is 0.712 bits per heavy atom. The highest BCUT2D eigenvalue weighted by molar-refractivity contribution is 6.28. The Hall–Kier alpha value is -5.36. The standard InChI is InChI=1S/C49H50O17/c1-17-29-32(47(7)48(8,59)44(58)66-49(47)40(17)65-49)38(64-43(57)21-13-14-24-25(15-21)34(54)23-12-10-9-11-22(23)33(24)53)30-28-31(39(60-18(2)50)42(46(29,30)6)62-20(4)52)45(5)26(35(55)36(28)56)16-27-37(63-27)41(45)61-19(3)51/h9-15,17,26-32,36-42,56,59H,16H2,1-8H3/t17-,26+,27-,28-,29-,30+,31+,32-,36+,37-,38+,39-,40+,41-,42-,45-,46+,47-,48+,49-/m0/s1. The van der Waals surface area contributed by atoms with Gasteiger partial charge in [-0.05, 0) is 50.3 Å². The van der Waals surface area contributed by atoms with Crippen LogP contribution in [0.25, 0.3) is 0 Å². The number of esters is 5. The van der Waals surface area contributed by atoms with Crippen LogP contribution in [0.2, 0.25) is 0 Å². The quantitative estimate of drug-likeness (QED) is 0.212. The van der Waals surface area contributed by atoms with Gasteiger partial charge in [-0.15, -0.1) is 0 Å². The zero-order chi connectivity index (χ0) is 47.3. The number of aliphatic hydroxyl groups excluding tert-OH is 1. The molecule has 17 nitrogen and oxygen atoms in total. The Labute approximate surface area is 378 Å². The number of aliphatic hydroxyl groups is 2. The van der Waals surface area contributed by atoms with E-state index < -0.39 is 165 Å². The Morgan fingerprint density at radius 2 is 1.30 bits per heavy atom. The van der Waals surface area contributed by atoms with Crippen LogP contribution in [-0.2, 0) is 57.1 Å². The van der Waals surface area contributed by atoms with E-state index in [4.69, 9.17) is 33.2 Å². The second kappa shape index (κ2) is 13.4. The third-order valence-electron chi connectivity index (χ3n) is 18.1. The summed E-state index contributed by atoms with van der Waals surface area (Å²) in [5.41, 5.74) is -6.78. The van der Waals surface area contributed by atoms with E-state index >= 15 is 9.59 Å². The van der Waals surface area contributed by atoms with E-state index in [-0.39, 0.29) is 34.2 Å². The van der Waals surface area contributed by atoms with E-state index in [1.807, 2.05) is 6.92 Å². The molecular weight excluding hydrogens is 861 g/mol. The summed E-state index contributed by atoms with van der Waals surface area (Å²) in [7, 11) is 0. The Kier molecular flexibility index (Phi) is 8.79. The lowest BCUT2D eigenvalue weighted by Crippen LogP contribution is -2.74. The summed E-state index contributed by atoms with van der Waals surface area (Å²) in [6.07, 6.45) is -9.11. The van der Waals surface area contributed by atoms with Crippen LogP contribution in [0.5, 0.6) is 0 Å². The Morgan fingerprint density at radius 3 is 1.94 bits per heavy atom. The molecule has 2 aromatic rings. The first-order valence-corrected chi connectivity index (χ1v) is 22.5. The number of rotatable bonds is 5. The maximum Gasteiger partial charge on any atom is 0.341 e. The number of fused-ring (bicyclic) bond motifs is 11. The van der Waals surface area contributed by atoms with Crippen molar-refractivity contribution in [3.05, 3.63) is 70.3 Å². The molecule has 20 atom stereocenters. The number of benzene rings is 2. The number of ketones is 3. The lowest BCUT2D eigenvalue weighted by molar-refractivity contribution is -0.273. The number of carbonyl (C=O) groups excluding carboxylic acids is 8. The predicted octanol–water partition coefficient (Wildman–Crippen LogP) is 2.69. The summed E-state index contributed by atoms with van der Waals surface area (Å²) in [5.74, 6) is -14.8. The molecule has 9 aliphatic rings. The van der Waals surface area contributed by atoms with Gasteiger partial charge in [0.1, 0.15) is 42.7 Å². The van der Waals surface area contributed by atoms with Crippen LogP contribution in [0.15, 0.2) is 42.5 Å². The van der Waals surface area contributed by atoms with Crippen LogP contribution in [0, 0.1) is 57.7 Å². The molecule has 2 N–H and O–H groups in total. The molecule has 5 saturated carbocycles. The first kappa shape index (κ1) is 43.2. The molecule has 8 fully saturated rings. The number of hydrogen-bond acceptors (Lipinski definition) is 17. The van der Waals surface area contributed by atoms with E-state index in [0.29, 0.717) is 0 Å². The van der Waals surface area contributed by atoms with E-state index in [1.165, 1.54) is 52.0 Å². The lowest BCUT2D eigenvalue weighted by Gasteiger charge is -2.65. The molecule has 3 heterocycles. The van der Waals surface area contributed by atoms with Crippen LogP contribution >= 0.6 is 0 Å². The van der Waals surface area contributed by atoms with Crippen molar-refractivity contribution in [2.24, 2.45) is 57.7 Å². The van der Waals surface area contributed by atoms with Gasteiger partial charge < -0.3 is 43.4 Å². The molecule has 1 spiro atoms. The van der Waals surface area contributed by atoms with Gasteiger partial charge in [0.05, 0.1) is 17.1 Å². The molecule has 11 rings (SSSR count). The van der Waals surface area contributed by atoms with Crippen molar-refractivity contribution in [2.45, 2.75) is 122 Å². The summed E-state index contributed by atoms with van der Waals surface area (Å²) < 4.78 is 43.9. The summed E-state index contributed by atoms with van der Waals surface area (Å²) >= 11 is 0. The minimum absolute atomic E-state index is 0.0370. The predicted molar refractivity (Wildman–Crippen MR) is 219 cm³/mol. The van der Waals surface area contributed by atoms with Gasteiger partial charge in [-0.1, -0.05) is 45.0 Å². The molecule has 0 amide bonds. The number of hydrogen-bond donors (Lipinski definition) is 2. The fraction of sp³-hybridized carbons (Fsp3) is 0.592. The molecule has 2 aromatic carbocycles. The first-order valence-electron chi connectivity index (χ1n) is 22.5. The fourth-order valence-electron chi connectivity index (χ4n) is 15.4. The monoisotopic (exact) mass is 910 g/mol. The van der Waals surface area contributed by atoms with Crippen molar-refractivity contribution < 1.29 is 81.7 Å². The van der Waals surface area contributed by atoms with Gasteiger partial charge in [-0.25, -0.2) is 9.59 Å². The van der Waals surface area contributed by atoms with Crippen molar-refractivity contribution in [1.82, 2.24) is 0 Å². The molecule has 17 heteroatoms. The van der Waals surface area contributed by atoms with Crippen molar-refractivity contribution in [3.63, 3.8) is 0 Å². The van der Waals surface area contributed by atoms with Gasteiger partial charge in [-0.3, -0.25) is 28.8 Å². The summed E-state index contributed by atoms with van der Waals surface area (Å²) in [4.78, 5) is 111. The highest BCUT2D eigenvalue weighted by Crippen LogP contribution is 2.81. The van der Waals surface area contributed by atoms with Gasteiger partial charge in [0.25, 0.3) is 0 Å². The highest BCUT2D eigenvalue weighted by Gasteiger charge is 2.93. The van der Waals surface area contributed by atoms with Crippen molar-refractivity contribution in [3.8, 4) is 0 Å². The van der Waals surface area contributed by atoms with E-state index in [2.05, 4.69) is 0 Å². The molecule has 348 valence electrons. The highest BCUT2D eigenvalue weighted by atomic mass is 16.8. The van der Waals surface area contributed by atoms with Crippen molar-refractivity contribution in [1.29, 1.82) is 0 Å². The van der Waals surface area contributed by atoms with Crippen LogP contribution in [0.3, 0.4) is 0 Å². The number of Topliss-reactive ketones (excluding diaryl/α,β-unsaturated/α-hetero) is 1. The van der Waals surface area contributed by atoms with E-state index in [1.54, 1.807) is 39.0 Å². The van der Waals surface area contributed by atoms with Gasteiger partial charge in [-0.2, -0.15) is 0 Å². The first-order chi connectivity index (χ1) is 31.0. The second-order valence-corrected chi connectivity index (χ2v) is 20.9. The molecule has 0 radical (unpaired) electrons. The number of carbonyl (C=O) groups is 8. The third kappa shape index (κ3) is 5.04. The minimum Gasteiger partial charge on any atom is -0.459 e. The molecule has 0 aromatic heterocycles. The maximum absolute atomic E-state index is 15.1. The van der Waals surface area contributed by atoms with Crippen molar-refractivity contribution in [2.75, 3.05) is 0 Å². The normalized spacial score (nSPS) is 47.1. The number of epoxide rings is 2. The summed E-state index contributed by atoms with van der Waals surface area (Å²) in [6, 6.07) is 10.3. The van der Waals surface area contributed by atoms with Gasteiger partial charge in [0, 0.05) is 83.4 Å². The molecule has 3 aliphatic heterocycles. The molecule has 3 saturated heterocycles. The van der Waals surface area contributed by atoms with Crippen LogP contribution in [-0.4, -0.2) is 118 Å². The smallest absolute Gasteiger partial charge is 0.341 e. The zero-order valence-corrected chi connectivity index (χ0v) is 37.4. The molecule has 0 bridgehead atoms. The Bertz CT molecular complexity index is 2640. The fourth-order valence-corrected chi connectivity index (χ4v) is 15.4. The third-order valence-corrected chi connectivity index (χ3v) is 18.1. The van der Waals surface area contributed by atoms with E-state index in [0.717, 1.165) is 0 Å². The van der Waals surface area contributed by atoms with Crippen LogP contribution in [0.4, 0.5) is 0 Å². The van der Waals surface area contributed by atoms with Crippen molar-refractivity contribution >= 4 is 47.2 Å². The van der Waals surface area contributed by atoms with E-state index in [9.17, 15) is 39.0 Å². The second-order valence-electron chi connectivity index (χ2n) is 20.9. The maximum atomic E-state index is 15.1. The van der Waals surface area contributed by atoms with Crippen LogP contribution in [0.1, 0.15) is 104 Å².